The smallest absolute Gasteiger partial charge is 0.256 e. The van der Waals surface area contributed by atoms with Gasteiger partial charge in [0.05, 0.1) is 20.0 Å². The third-order valence-electron chi connectivity index (χ3n) is 5.37. The molecule has 10 heteroatoms. The Morgan fingerprint density at radius 3 is 2.43 bits per heavy atom. The predicted octanol–water partition coefficient (Wildman–Crippen LogP) is 3.91. The number of halogens is 1. The lowest BCUT2D eigenvalue weighted by Crippen LogP contribution is -2.21. The van der Waals surface area contributed by atoms with Gasteiger partial charge in [0.25, 0.3) is 5.91 Å². The number of ether oxygens (including phenoxy) is 1. The van der Waals surface area contributed by atoms with Crippen molar-refractivity contribution in [2.75, 3.05) is 19.5 Å². The average Bonchev–Trinajstić information content (AvgIpc) is 3.26. The van der Waals surface area contributed by atoms with Gasteiger partial charge in [-0.05, 0) is 55.1 Å². The first-order chi connectivity index (χ1) is 16.8. The highest BCUT2D eigenvalue weighted by atomic mass is 32.2. The van der Waals surface area contributed by atoms with E-state index in [2.05, 4.69) is 15.0 Å². The van der Waals surface area contributed by atoms with Crippen molar-refractivity contribution in [2.24, 2.45) is 0 Å². The van der Waals surface area contributed by atoms with Crippen LogP contribution >= 0.6 is 0 Å². The van der Waals surface area contributed by atoms with Gasteiger partial charge in [-0.25, -0.2) is 22.5 Å². The van der Waals surface area contributed by atoms with Crippen LogP contribution in [0, 0.1) is 5.82 Å². The molecule has 0 bridgehead atoms. The summed E-state index contributed by atoms with van der Waals surface area (Å²) in [5.74, 6) is -0.436. The van der Waals surface area contributed by atoms with Crippen molar-refractivity contribution in [3.8, 4) is 17.0 Å². The number of hydrogen-bond donors (Lipinski definition) is 2. The van der Waals surface area contributed by atoms with E-state index in [-0.39, 0.29) is 22.0 Å². The highest BCUT2D eigenvalue weighted by molar-refractivity contribution is 7.89. The summed E-state index contributed by atoms with van der Waals surface area (Å²) in [5, 5.41) is 2.85. The van der Waals surface area contributed by atoms with Gasteiger partial charge in [-0.15, -0.1) is 0 Å². The molecule has 1 heterocycles. The second kappa shape index (κ2) is 10.1. The van der Waals surface area contributed by atoms with E-state index in [1.54, 1.807) is 23.0 Å². The Labute approximate surface area is 202 Å². The van der Waals surface area contributed by atoms with Crippen LogP contribution in [-0.4, -0.2) is 38.0 Å². The second-order valence-corrected chi connectivity index (χ2v) is 9.44. The van der Waals surface area contributed by atoms with Crippen LogP contribution < -0.4 is 14.8 Å². The maximum Gasteiger partial charge on any atom is 0.256 e. The summed E-state index contributed by atoms with van der Waals surface area (Å²) >= 11 is 0. The number of carbonyl (C=O) groups is 1. The summed E-state index contributed by atoms with van der Waals surface area (Å²) in [6.07, 6.45) is 1.59. The topological polar surface area (TPSA) is 102 Å². The molecule has 0 aliphatic carbocycles. The lowest BCUT2D eigenvalue weighted by molar-refractivity contribution is 0.102. The van der Waals surface area contributed by atoms with Gasteiger partial charge in [-0.1, -0.05) is 30.3 Å². The van der Waals surface area contributed by atoms with Gasteiger partial charge in [-0.2, -0.15) is 0 Å². The molecule has 4 aromatic rings. The van der Waals surface area contributed by atoms with Crippen LogP contribution in [-0.2, 0) is 16.6 Å². The van der Waals surface area contributed by atoms with Crippen LogP contribution in [0.4, 0.5) is 10.2 Å². The summed E-state index contributed by atoms with van der Waals surface area (Å²) in [4.78, 5) is 17.5. The molecule has 0 radical (unpaired) electrons. The summed E-state index contributed by atoms with van der Waals surface area (Å²) in [6.45, 7) is 0.423. The molecule has 1 amide bonds. The first kappa shape index (κ1) is 24.1. The summed E-state index contributed by atoms with van der Waals surface area (Å²) in [6, 6.07) is 19.5. The first-order valence-electron chi connectivity index (χ1n) is 10.6. The predicted molar refractivity (Wildman–Crippen MR) is 130 cm³/mol. The minimum Gasteiger partial charge on any atom is -0.495 e. The van der Waals surface area contributed by atoms with E-state index < -0.39 is 15.9 Å². The van der Waals surface area contributed by atoms with Gasteiger partial charge >= 0.3 is 0 Å². The van der Waals surface area contributed by atoms with Gasteiger partial charge in [0.1, 0.15) is 28.0 Å². The second-order valence-electron chi connectivity index (χ2n) is 7.59. The van der Waals surface area contributed by atoms with Gasteiger partial charge in [0.15, 0.2) is 0 Å². The molecule has 0 saturated carbocycles. The minimum absolute atomic E-state index is 0.108. The number of anilines is 1. The highest BCUT2D eigenvalue weighted by Crippen LogP contribution is 2.29. The molecule has 0 unspecified atom stereocenters. The Kier molecular flexibility index (Phi) is 6.94. The third-order valence-corrected chi connectivity index (χ3v) is 6.80. The molecule has 35 heavy (non-hydrogen) atoms. The fraction of sp³-hybridized carbons (Fsp3) is 0.120. The maximum atomic E-state index is 13.5. The molecule has 0 aliphatic rings. The zero-order chi connectivity index (χ0) is 25.0. The number of benzene rings is 3. The van der Waals surface area contributed by atoms with Crippen LogP contribution in [0.2, 0.25) is 0 Å². The Morgan fingerprint density at radius 2 is 1.77 bits per heavy atom. The van der Waals surface area contributed by atoms with Gasteiger partial charge in [-0.3, -0.25) is 4.79 Å². The molecule has 0 saturated heterocycles. The lowest BCUT2D eigenvalue weighted by Gasteiger charge is -2.14. The Morgan fingerprint density at radius 1 is 1.06 bits per heavy atom. The molecule has 0 aliphatic heterocycles. The SMILES string of the molecule is CNS(=O)(=O)c1cc(C(=O)Nc2c(-c3ccc(F)cc3)ncn2Cc2ccccc2)ccc1OC. The van der Waals surface area contributed by atoms with Crippen LogP contribution in [0.15, 0.2) is 84.0 Å². The molecule has 4 rings (SSSR count). The zero-order valence-corrected chi connectivity index (χ0v) is 19.8. The molecule has 0 fully saturated rings. The number of rotatable bonds is 8. The van der Waals surface area contributed by atoms with E-state index in [0.29, 0.717) is 23.6 Å². The maximum absolute atomic E-state index is 13.5. The monoisotopic (exact) mass is 494 g/mol. The molecular weight excluding hydrogens is 471 g/mol. The van der Waals surface area contributed by atoms with Crippen LogP contribution in [0.1, 0.15) is 15.9 Å². The number of nitrogens with one attached hydrogen (secondary N) is 2. The van der Waals surface area contributed by atoms with Crippen molar-refractivity contribution >= 4 is 21.7 Å². The van der Waals surface area contributed by atoms with E-state index >= 15 is 0 Å². The molecule has 8 nitrogen and oxygen atoms in total. The largest absolute Gasteiger partial charge is 0.495 e. The van der Waals surface area contributed by atoms with E-state index in [1.807, 2.05) is 30.3 Å². The quantitative estimate of drug-likeness (QED) is 0.387. The number of methoxy groups -OCH3 is 1. The Balaban J connectivity index is 1.74. The van der Waals surface area contributed by atoms with E-state index in [9.17, 15) is 17.6 Å². The summed E-state index contributed by atoms with van der Waals surface area (Å²) in [7, 11) is -1.25. The van der Waals surface area contributed by atoms with Crippen LogP contribution in [0.25, 0.3) is 11.3 Å². The standard InChI is InChI=1S/C25H23FN4O4S/c1-27-35(32,33)22-14-19(10-13-21(22)34-2)25(31)29-24-23(18-8-11-20(26)12-9-18)28-16-30(24)15-17-6-4-3-5-7-17/h3-14,16,27H,15H2,1-2H3,(H,29,31). The normalized spacial score (nSPS) is 11.3. The Hall–Kier alpha value is -4.02. The summed E-state index contributed by atoms with van der Waals surface area (Å²) < 4.78 is 47.5. The minimum atomic E-state index is -3.87. The van der Waals surface area contributed by atoms with Crippen molar-refractivity contribution in [3.63, 3.8) is 0 Å². The van der Waals surface area contributed by atoms with Crippen molar-refractivity contribution < 1.29 is 22.3 Å². The first-order valence-corrected chi connectivity index (χ1v) is 12.1. The van der Waals surface area contributed by atoms with E-state index in [0.717, 1.165) is 5.56 Å². The molecule has 0 atom stereocenters. The third kappa shape index (κ3) is 5.23. The van der Waals surface area contributed by atoms with Crippen molar-refractivity contribution in [3.05, 3.63) is 96.1 Å². The van der Waals surface area contributed by atoms with Gasteiger partial charge < -0.3 is 14.6 Å². The number of hydrogen-bond acceptors (Lipinski definition) is 5. The summed E-state index contributed by atoms with van der Waals surface area (Å²) in [5.41, 5.74) is 2.16. The van der Waals surface area contributed by atoms with Gasteiger partial charge in [0, 0.05) is 11.1 Å². The van der Waals surface area contributed by atoms with Crippen molar-refractivity contribution in [1.82, 2.24) is 14.3 Å². The number of amides is 1. The van der Waals surface area contributed by atoms with Crippen LogP contribution in [0.3, 0.4) is 0 Å². The lowest BCUT2D eigenvalue weighted by atomic mass is 10.1. The number of imidazole rings is 1. The molecule has 180 valence electrons. The average molecular weight is 495 g/mol. The van der Waals surface area contributed by atoms with Crippen molar-refractivity contribution in [1.29, 1.82) is 0 Å². The van der Waals surface area contributed by atoms with Gasteiger partial charge in [0.2, 0.25) is 10.0 Å². The molecule has 0 spiro atoms. The molecule has 3 aromatic carbocycles. The molecule has 2 N–H and O–H groups in total. The number of carbonyl (C=O) groups excluding carboxylic acids is 1. The van der Waals surface area contributed by atoms with E-state index in [4.69, 9.17) is 4.74 Å². The molecule has 1 aromatic heterocycles. The number of nitrogens with zero attached hydrogens (tertiary/aromatic N) is 2. The highest BCUT2D eigenvalue weighted by Gasteiger charge is 2.22. The fourth-order valence-corrected chi connectivity index (χ4v) is 4.47. The number of aromatic nitrogens is 2. The number of sulfonamides is 1. The zero-order valence-electron chi connectivity index (χ0n) is 19.0. The van der Waals surface area contributed by atoms with Crippen molar-refractivity contribution in [2.45, 2.75) is 11.4 Å². The van der Waals surface area contributed by atoms with E-state index in [1.165, 1.54) is 44.5 Å². The fourth-order valence-electron chi connectivity index (χ4n) is 3.55. The van der Waals surface area contributed by atoms with Crippen LogP contribution in [0.5, 0.6) is 5.75 Å². The Bertz CT molecular complexity index is 1450. The molecular formula is C25H23FN4O4S.